The molecule has 0 aliphatic carbocycles. The zero-order chi connectivity index (χ0) is 12.0. The van der Waals surface area contributed by atoms with Crippen LogP contribution in [0.15, 0.2) is 18.2 Å². The summed E-state index contributed by atoms with van der Waals surface area (Å²) >= 11 is 1.66. The molecule has 0 bridgehead atoms. The highest BCUT2D eigenvalue weighted by atomic mass is 32.2. The highest BCUT2D eigenvalue weighted by molar-refractivity contribution is 7.99. The molecule has 0 fully saturated rings. The second kappa shape index (κ2) is 6.59. The number of thioether (sulfide) groups is 1. The van der Waals surface area contributed by atoms with Gasteiger partial charge < -0.3 is 4.74 Å². The van der Waals surface area contributed by atoms with Gasteiger partial charge in [-0.25, -0.2) is 0 Å². The van der Waals surface area contributed by atoms with Gasteiger partial charge in [-0.2, -0.15) is 11.8 Å². The van der Waals surface area contributed by atoms with E-state index >= 15 is 0 Å². The molecule has 0 amide bonds. The van der Waals surface area contributed by atoms with Gasteiger partial charge in [-0.1, -0.05) is 24.6 Å². The number of ether oxygens (including phenoxy) is 1. The van der Waals surface area contributed by atoms with Crippen LogP contribution >= 0.6 is 11.8 Å². The third kappa shape index (κ3) is 3.89. The molecule has 0 atom stereocenters. The molecule has 1 aromatic rings. The van der Waals surface area contributed by atoms with Crippen molar-refractivity contribution in [2.75, 3.05) is 18.6 Å². The second-order valence-electron chi connectivity index (χ2n) is 3.67. The Labute approximate surface area is 101 Å². The van der Waals surface area contributed by atoms with E-state index in [2.05, 4.69) is 6.92 Å². The highest BCUT2D eigenvalue weighted by Crippen LogP contribution is 2.20. The molecular weight excluding hydrogens is 220 g/mol. The van der Waals surface area contributed by atoms with Crippen LogP contribution in [0, 0.1) is 6.92 Å². The largest absolute Gasteiger partial charge is 0.496 e. The fourth-order valence-electron chi connectivity index (χ4n) is 1.52. The van der Waals surface area contributed by atoms with Crippen LogP contribution in [0.5, 0.6) is 5.75 Å². The minimum Gasteiger partial charge on any atom is -0.496 e. The number of hydrogen-bond acceptors (Lipinski definition) is 3. The van der Waals surface area contributed by atoms with Crippen LogP contribution in [0.3, 0.4) is 0 Å². The smallest absolute Gasteiger partial charge is 0.147 e. The normalized spacial score (nSPS) is 10.2. The van der Waals surface area contributed by atoms with E-state index in [1.807, 2.05) is 25.1 Å². The quantitative estimate of drug-likeness (QED) is 0.762. The van der Waals surface area contributed by atoms with Crippen molar-refractivity contribution in [3.8, 4) is 5.75 Å². The number of Topliss-reactive ketones (excluding diaryl/α,β-unsaturated/α-hetero) is 1. The zero-order valence-electron chi connectivity index (χ0n) is 10.1. The molecule has 0 aromatic heterocycles. The maximum absolute atomic E-state index is 11.7. The second-order valence-corrected chi connectivity index (χ2v) is 4.94. The molecule has 0 aliphatic rings. The molecule has 1 rings (SSSR count). The Bertz CT molecular complexity index is 361. The molecule has 0 aliphatic heterocycles. The summed E-state index contributed by atoms with van der Waals surface area (Å²) in [5.41, 5.74) is 2.15. The molecule has 0 saturated heterocycles. The Morgan fingerprint density at radius 2 is 2.19 bits per heavy atom. The molecule has 0 saturated carbocycles. The maximum Gasteiger partial charge on any atom is 0.147 e. The van der Waals surface area contributed by atoms with Crippen LogP contribution in [-0.2, 0) is 11.2 Å². The molecule has 0 heterocycles. The van der Waals surface area contributed by atoms with Gasteiger partial charge in [0.05, 0.1) is 12.9 Å². The first-order valence-corrected chi connectivity index (χ1v) is 6.55. The van der Waals surface area contributed by atoms with Crippen molar-refractivity contribution in [1.82, 2.24) is 0 Å². The summed E-state index contributed by atoms with van der Waals surface area (Å²) < 4.78 is 5.25. The molecule has 0 spiro atoms. The number of rotatable bonds is 6. The van der Waals surface area contributed by atoms with Crippen molar-refractivity contribution in [2.45, 2.75) is 20.3 Å². The van der Waals surface area contributed by atoms with E-state index in [0.29, 0.717) is 12.2 Å². The first kappa shape index (κ1) is 13.1. The SMILES string of the molecule is CCSCC(=O)Cc1cc(C)ccc1OC. The van der Waals surface area contributed by atoms with E-state index < -0.39 is 0 Å². The Kier molecular flexibility index (Phi) is 5.39. The van der Waals surface area contributed by atoms with E-state index in [-0.39, 0.29) is 5.78 Å². The van der Waals surface area contributed by atoms with Gasteiger partial charge in [0, 0.05) is 12.0 Å². The van der Waals surface area contributed by atoms with Crippen molar-refractivity contribution in [3.63, 3.8) is 0 Å². The van der Waals surface area contributed by atoms with E-state index in [9.17, 15) is 4.79 Å². The van der Waals surface area contributed by atoms with Crippen molar-refractivity contribution < 1.29 is 9.53 Å². The molecule has 3 heteroatoms. The Hall–Kier alpha value is -0.960. The predicted octanol–water partition coefficient (Wildman–Crippen LogP) is 2.87. The summed E-state index contributed by atoms with van der Waals surface area (Å²) in [7, 11) is 1.64. The lowest BCUT2D eigenvalue weighted by Crippen LogP contribution is -2.07. The molecule has 0 N–H and O–H groups in total. The monoisotopic (exact) mass is 238 g/mol. The van der Waals surface area contributed by atoms with E-state index in [1.54, 1.807) is 18.9 Å². The lowest BCUT2D eigenvalue weighted by molar-refractivity contribution is -0.116. The van der Waals surface area contributed by atoms with Crippen LogP contribution in [0.4, 0.5) is 0 Å². The van der Waals surface area contributed by atoms with Crippen LogP contribution in [0.25, 0.3) is 0 Å². The third-order valence-corrected chi connectivity index (χ3v) is 3.23. The first-order chi connectivity index (χ1) is 7.67. The van der Waals surface area contributed by atoms with Gasteiger partial charge in [0.2, 0.25) is 0 Å². The van der Waals surface area contributed by atoms with Gasteiger partial charge in [0.25, 0.3) is 0 Å². The van der Waals surface area contributed by atoms with Gasteiger partial charge in [-0.3, -0.25) is 4.79 Å². The third-order valence-electron chi connectivity index (χ3n) is 2.29. The Morgan fingerprint density at radius 1 is 1.44 bits per heavy atom. The van der Waals surface area contributed by atoms with Gasteiger partial charge in [0.15, 0.2) is 0 Å². The molecule has 1 aromatic carbocycles. The van der Waals surface area contributed by atoms with Crippen LogP contribution in [0.1, 0.15) is 18.1 Å². The lowest BCUT2D eigenvalue weighted by atomic mass is 10.1. The summed E-state index contributed by atoms with van der Waals surface area (Å²) in [5.74, 6) is 2.64. The van der Waals surface area contributed by atoms with Gasteiger partial charge in [0.1, 0.15) is 11.5 Å². The summed E-state index contributed by atoms with van der Waals surface area (Å²) in [4.78, 5) is 11.7. The molecule has 0 unspecified atom stereocenters. The van der Waals surface area contributed by atoms with Crippen molar-refractivity contribution in [2.24, 2.45) is 0 Å². The fraction of sp³-hybridized carbons (Fsp3) is 0.462. The Morgan fingerprint density at radius 3 is 2.81 bits per heavy atom. The number of aryl methyl sites for hydroxylation is 1. The number of methoxy groups -OCH3 is 1. The minimum atomic E-state index is 0.260. The van der Waals surface area contributed by atoms with E-state index in [4.69, 9.17) is 4.74 Å². The minimum absolute atomic E-state index is 0.260. The zero-order valence-corrected chi connectivity index (χ0v) is 10.9. The molecule has 88 valence electrons. The average molecular weight is 238 g/mol. The summed E-state index contributed by atoms with van der Waals surface area (Å²) in [6.45, 7) is 4.08. The number of hydrogen-bond donors (Lipinski definition) is 0. The molecule has 16 heavy (non-hydrogen) atoms. The van der Waals surface area contributed by atoms with Gasteiger partial charge in [-0.05, 0) is 18.7 Å². The number of benzene rings is 1. The summed E-state index contributed by atoms with van der Waals surface area (Å²) in [5, 5.41) is 0. The number of ketones is 1. The Balaban J connectivity index is 2.71. The topological polar surface area (TPSA) is 26.3 Å². The summed E-state index contributed by atoms with van der Waals surface area (Å²) in [6, 6.07) is 5.94. The van der Waals surface area contributed by atoms with Gasteiger partial charge >= 0.3 is 0 Å². The average Bonchev–Trinajstić information content (AvgIpc) is 2.27. The van der Waals surface area contributed by atoms with Crippen molar-refractivity contribution >= 4 is 17.5 Å². The predicted molar refractivity (Wildman–Crippen MR) is 69.4 cm³/mol. The standard InChI is InChI=1S/C13H18O2S/c1-4-16-9-12(14)8-11-7-10(2)5-6-13(11)15-3/h5-7H,4,8-9H2,1-3H3. The van der Waals surface area contributed by atoms with Crippen LogP contribution in [-0.4, -0.2) is 24.4 Å². The fourth-order valence-corrected chi connectivity index (χ4v) is 2.06. The van der Waals surface area contributed by atoms with E-state index in [0.717, 1.165) is 22.6 Å². The molecule has 0 radical (unpaired) electrons. The molecular formula is C13H18O2S. The highest BCUT2D eigenvalue weighted by Gasteiger charge is 2.08. The van der Waals surface area contributed by atoms with Crippen LogP contribution in [0.2, 0.25) is 0 Å². The van der Waals surface area contributed by atoms with Gasteiger partial charge in [-0.15, -0.1) is 0 Å². The van der Waals surface area contributed by atoms with Crippen molar-refractivity contribution in [1.29, 1.82) is 0 Å². The van der Waals surface area contributed by atoms with Crippen LogP contribution < -0.4 is 4.74 Å². The first-order valence-electron chi connectivity index (χ1n) is 5.40. The summed E-state index contributed by atoms with van der Waals surface area (Å²) in [6.07, 6.45) is 0.470. The van der Waals surface area contributed by atoms with Crippen molar-refractivity contribution in [3.05, 3.63) is 29.3 Å². The number of carbonyl (C=O) groups is 1. The number of carbonyl (C=O) groups excluding carboxylic acids is 1. The lowest BCUT2D eigenvalue weighted by Gasteiger charge is -2.08. The molecule has 2 nitrogen and oxygen atoms in total. The van der Waals surface area contributed by atoms with E-state index in [1.165, 1.54) is 0 Å². The maximum atomic E-state index is 11.7.